The maximum absolute atomic E-state index is 13.6. The predicted octanol–water partition coefficient (Wildman–Crippen LogP) is 7.07. The fourth-order valence-electron chi connectivity index (χ4n) is 5.15. The van der Waals surface area contributed by atoms with E-state index in [0.29, 0.717) is 22.3 Å². The number of hydrogen-bond acceptors (Lipinski definition) is 2. The van der Waals surface area contributed by atoms with E-state index < -0.39 is 0 Å². The van der Waals surface area contributed by atoms with E-state index in [1.807, 2.05) is 60.7 Å². The average Bonchev–Trinajstić information content (AvgIpc) is 2.85. The topological polar surface area (TPSA) is 34.1 Å². The molecule has 1 aliphatic carbocycles. The molecule has 2 nitrogen and oxygen atoms in total. The quantitative estimate of drug-likeness (QED) is 0.251. The molecule has 32 heavy (non-hydrogen) atoms. The fraction of sp³-hybridized carbons (Fsp3) is 0. The lowest BCUT2D eigenvalue weighted by molar-refractivity contribution is 0.0979. The highest BCUT2D eigenvalue weighted by molar-refractivity contribution is 6.32. The van der Waals surface area contributed by atoms with Crippen LogP contribution in [0.4, 0.5) is 0 Å². The van der Waals surface area contributed by atoms with Gasteiger partial charge in [-0.05, 0) is 67.4 Å². The third-order valence-corrected chi connectivity index (χ3v) is 6.74. The van der Waals surface area contributed by atoms with E-state index in [4.69, 9.17) is 0 Å². The lowest BCUT2D eigenvalue weighted by Gasteiger charge is -2.20. The van der Waals surface area contributed by atoms with Crippen molar-refractivity contribution in [3.8, 4) is 0 Å². The van der Waals surface area contributed by atoms with Crippen LogP contribution in [0.5, 0.6) is 0 Å². The second-order valence-electron chi connectivity index (χ2n) is 8.47. The van der Waals surface area contributed by atoms with Gasteiger partial charge in [-0.25, -0.2) is 0 Å². The van der Waals surface area contributed by atoms with E-state index in [2.05, 4.69) is 36.4 Å². The zero-order valence-electron chi connectivity index (χ0n) is 17.1. The largest absolute Gasteiger partial charge is 0.289 e. The molecule has 0 aliphatic heterocycles. The summed E-state index contributed by atoms with van der Waals surface area (Å²) >= 11 is 0. The highest BCUT2D eigenvalue weighted by Crippen LogP contribution is 2.36. The van der Waals surface area contributed by atoms with E-state index >= 15 is 0 Å². The van der Waals surface area contributed by atoms with Gasteiger partial charge >= 0.3 is 0 Å². The van der Waals surface area contributed by atoms with Crippen LogP contribution >= 0.6 is 0 Å². The van der Waals surface area contributed by atoms with Gasteiger partial charge in [-0.3, -0.25) is 9.59 Å². The zero-order valence-corrected chi connectivity index (χ0v) is 17.1. The first-order valence-electron chi connectivity index (χ1n) is 10.7. The predicted molar refractivity (Wildman–Crippen MR) is 130 cm³/mol. The van der Waals surface area contributed by atoms with Crippen molar-refractivity contribution < 1.29 is 9.59 Å². The highest BCUT2D eigenvalue weighted by Gasteiger charge is 2.30. The van der Waals surface area contributed by atoms with Gasteiger partial charge in [0.15, 0.2) is 11.6 Å². The molecule has 0 heterocycles. The molecule has 0 atom stereocenters. The van der Waals surface area contributed by atoms with Gasteiger partial charge in [0.25, 0.3) is 0 Å². The molecule has 1 aliphatic rings. The van der Waals surface area contributed by atoms with Gasteiger partial charge in [0.05, 0.1) is 0 Å². The summed E-state index contributed by atoms with van der Waals surface area (Å²) in [6, 6.07) is 32.0. The summed E-state index contributed by atoms with van der Waals surface area (Å²) in [6.07, 6.45) is 0. The fourth-order valence-corrected chi connectivity index (χ4v) is 5.15. The van der Waals surface area contributed by atoms with Gasteiger partial charge in [-0.15, -0.1) is 0 Å². The maximum atomic E-state index is 13.6. The van der Waals surface area contributed by atoms with Crippen LogP contribution in [0, 0.1) is 0 Å². The first kappa shape index (κ1) is 17.4. The summed E-state index contributed by atoms with van der Waals surface area (Å²) in [5.74, 6) is -0.168. The van der Waals surface area contributed by atoms with E-state index in [9.17, 15) is 9.59 Å². The molecule has 0 amide bonds. The molecular formula is C30H16O2. The summed E-state index contributed by atoms with van der Waals surface area (Å²) in [5, 5.41) is 8.35. The van der Waals surface area contributed by atoms with Crippen molar-refractivity contribution in [2.24, 2.45) is 0 Å². The number of carbonyl (C=O) groups is 2. The third kappa shape index (κ3) is 2.24. The summed E-state index contributed by atoms with van der Waals surface area (Å²) in [5.41, 5.74) is 1.97. The molecule has 2 heteroatoms. The number of rotatable bonds is 0. The third-order valence-electron chi connectivity index (χ3n) is 6.74. The van der Waals surface area contributed by atoms with Crippen LogP contribution in [0.3, 0.4) is 0 Å². The lowest BCUT2D eigenvalue weighted by atomic mass is 9.81. The van der Waals surface area contributed by atoms with Crippen LogP contribution in [-0.2, 0) is 0 Å². The average molecular weight is 408 g/mol. The first-order chi connectivity index (χ1) is 15.7. The van der Waals surface area contributed by atoms with E-state index in [-0.39, 0.29) is 11.6 Å². The van der Waals surface area contributed by atoms with Gasteiger partial charge in [0, 0.05) is 22.3 Å². The van der Waals surface area contributed by atoms with Crippen molar-refractivity contribution in [3.05, 3.63) is 119 Å². The highest BCUT2D eigenvalue weighted by atomic mass is 16.1. The molecule has 0 bridgehead atoms. The monoisotopic (exact) mass is 408 g/mol. The number of fused-ring (bicyclic) bond motifs is 8. The van der Waals surface area contributed by atoms with Gasteiger partial charge in [-0.1, -0.05) is 72.8 Å². The molecule has 0 radical (unpaired) electrons. The van der Waals surface area contributed by atoms with Gasteiger partial charge < -0.3 is 0 Å². The first-order valence-corrected chi connectivity index (χ1v) is 10.7. The van der Waals surface area contributed by atoms with Crippen molar-refractivity contribution in [2.75, 3.05) is 0 Å². The van der Waals surface area contributed by atoms with Crippen LogP contribution in [0.2, 0.25) is 0 Å². The van der Waals surface area contributed by atoms with Crippen LogP contribution in [0.15, 0.2) is 97.1 Å². The van der Waals surface area contributed by atoms with Crippen molar-refractivity contribution in [1.82, 2.24) is 0 Å². The lowest BCUT2D eigenvalue weighted by Crippen LogP contribution is -2.21. The van der Waals surface area contributed by atoms with Crippen LogP contribution in [0.1, 0.15) is 31.8 Å². The van der Waals surface area contributed by atoms with Crippen molar-refractivity contribution >= 4 is 54.7 Å². The molecule has 0 saturated carbocycles. The molecule has 0 aromatic heterocycles. The van der Waals surface area contributed by atoms with Crippen LogP contribution in [-0.4, -0.2) is 11.6 Å². The zero-order chi connectivity index (χ0) is 21.4. The smallest absolute Gasteiger partial charge is 0.194 e. The molecule has 0 saturated heterocycles. The van der Waals surface area contributed by atoms with Crippen molar-refractivity contribution in [1.29, 1.82) is 0 Å². The van der Waals surface area contributed by atoms with Crippen molar-refractivity contribution in [3.63, 3.8) is 0 Å². The molecule has 7 rings (SSSR count). The molecule has 0 fully saturated rings. The van der Waals surface area contributed by atoms with Crippen molar-refractivity contribution in [2.45, 2.75) is 0 Å². The Morgan fingerprint density at radius 2 is 0.719 bits per heavy atom. The minimum Gasteiger partial charge on any atom is -0.289 e. The molecule has 6 aromatic carbocycles. The minimum atomic E-state index is -0.0838. The molecule has 0 spiro atoms. The normalized spacial score (nSPS) is 13.1. The molecule has 148 valence electrons. The SMILES string of the molecule is O=C1c2cc3ccc4ccccc4c3cc2C(=O)c2cc3ccc4ccccc4c3cc21. The Balaban J connectivity index is 1.53. The second kappa shape index (κ2) is 6.12. The Labute approximate surface area is 183 Å². The standard InChI is InChI=1S/C30H16O2/c31-29-26-14-20-12-10-18-6-2-4-8-22(18)24(20)16-28(26)30(32)25-13-19-11-9-17-5-1-3-7-21(17)23(19)15-27(25)29/h1-16H. The Bertz CT molecular complexity index is 1670. The van der Waals surface area contributed by atoms with Crippen LogP contribution < -0.4 is 0 Å². The van der Waals surface area contributed by atoms with Gasteiger partial charge in [0.1, 0.15) is 0 Å². The Morgan fingerprint density at radius 1 is 0.344 bits per heavy atom. The van der Waals surface area contributed by atoms with E-state index in [0.717, 1.165) is 43.1 Å². The minimum absolute atomic E-state index is 0.0838. The Kier molecular flexibility index (Phi) is 3.32. The van der Waals surface area contributed by atoms with Gasteiger partial charge in [0.2, 0.25) is 0 Å². The molecular weight excluding hydrogens is 392 g/mol. The Hall–Kier alpha value is -4.30. The summed E-state index contributed by atoms with van der Waals surface area (Å²) in [4.78, 5) is 27.2. The maximum Gasteiger partial charge on any atom is 0.194 e. The second-order valence-corrected chi connectivity index (χ2v) is 8.47. The van der Waals surface area contributed by atoms with E-state index in [1.54, 1.807) is 0 Å². The summed E-state index contributed by atoms with van der Waals surface area (Å²) in [7, 11) is 0. The van der Waals surface area contributed by atoms with E-state index in [1.165, 1.54) is 0 Å². The Morgan fingerprint density at radius 3 is 1.19 bits per heavy atom. The molecule has 0 unspecified atom stereocenters. The number of ketones is 2. The summed E-state index contributed by atoms with van der Waals surface area (Å²) < 4.78 is 0. The number of benzene rings is 6. The van der Waals surface area contributed by atoms with Gasteiger partial charge in [-0.2, -0.15) is 0 Å². The molecule has 0 N–H and O–H groups in total. The molecule has 6 aromatic rings. The number of carbonyl (C=O) groups excluding carboxylic acids is 2. The van der Waals surface area contributed by atoms with Crippen LogP contribution in [0.25, 0.3) is 43.1 Å². The summed E-state index contributed by atoms with van der Waals surface area (Å²) in [6.45, 7) is 0. The number of hydrogen-bond donors (Lipinski definition) is 0.